The highest BCUT2D eigenvalue weighted by Crippen LogP contribution is 2.26. The van der Waals surface area contributed by atoms with Crippen LogP contribution in [0.5, 0.6) is 0 Å². The van der Waals surface area contributed by atoms with Crippen molar-refractivity contribution in [3.05, 3.63) is 29.3 Å². The van der Waals surface area contributed by atoms with Gasteiger partial charge in [-0.2, -0.15) is 4.31 Å². The molecule has 0 unspecified atom stereocenters. The normalized spacial score (nSPS) is 17.6. The molecule has 0 N–H and O–H groups in total. The fourth-order valence-electron chi connectivity index (χ4n) is 3.41. The molecule has 1 aromatic rings. The molecule has 1 heterocycles. The van der Waals surface area contributed by atoms with E-state index in [1.165, 1.54) is 28.7 Å². The molecule has 9 heteroatoms. The molecular weight excluding hydrogens is 388 g/mol. The molecule has 0 aromatic heterocycles. The number of carbonyl (C=O) groups excluding carboxylic acids is 2. The minimum atomic E-state index is -3.54. The van der Waals surface area contributed by atoms with E-state index in [1.807, 2.05) is 6.07 Å². The number of rotatable bonds is 6. The van der Waals surface area contributed by atoms with E-state index >= 15 is 0 Å². The van der Waals surface area contributed by atoms with Crippen LogP contribution in [0, 0.1) is 0 Å². The van der Waals surface area contributed by atoms with Gasteiger partial charge in [-0.15, -0.1) is 11.8 Å². The number of fused-ring (bicyclic) bond motifs is 1. The Bertz CT molecular complexity index is 817. The SMILES string of the molecule is COC(=O)CSCC(=O)N1CCN(S(=O)(=O)c2ccc3c(c2)CCC3)CC1. The Balaban J connectivity index is 1.55. The summed E-state index contributed by atoms with van der Waals surface area (Å²) in [6.45, 7) is 1.29. The van der Waals surface area contributed by atoms with Gasteiger partial charge in [-0.3, -0.25) is 9.59 Å². The van der Waals surface area contributed by atoms with Crippen LogP contribution in [-0.4, -0.2) is 74.3 Å². The zero-order chi connectivity index (χ0) is 19.4. The summed E-state index contributed by atoms with van der Waals surface area (Å²) in [4.78, 5) is 25.3. The predicted octanol–water partition coefficient (Wildman–Crippen LogP) is 0.914. The first-order chi connectivity index (χ1) is 12.9. The number of methoxy groups -OCH3 is 1. The summed E-state index contributed by atoms with van der Waals surface area (Å²) in [7, 11) is -2.22. The third-order valence-corrected chi connectivity index (χ3v) is 7.76. The van der Waals surface area contributed by atoms with Gasteiger partial charge in [0.25, 0.3) is 0 Å². The van der Waals surface area contributed by atoms with Gasteiger partial charge in [0.15, 0.2) is 0 Å². The Kier molecular flexibility index (Phi) is 6.44. The molecule has 1 saturated heterocycles. The van der Waals surface area contributed by atoms with Crippen LogP contribution in [0.3, 0.4) is 0 Å². The Morgan fingerprint density at radius 1 is 1.07 bits per heavy atom. The van der Waals surface area contributed by atoms with Gasteiger partial charge >= 0.3 is 5.97 Å². The molecule has 27 heavy (non-hydrogen) atoms. The Labute approximate surface area is 164 Å². The van der Waals surface area contributed by atoms with Crippen LogP contribution in [0.2, 0.25) is 0 Å². The van der Waals surface area contributed by atoms with Crippen LogP contribution in [0.15, 0.2) is 23.1 Å². The van der Waals surface area contributed by atoms with E-state index in [1.54, 1.807) is 17.0 Å². The monoisotopic (exact) mass is 412 g/mol. The first-order valence-corrected chi connectivity index (χ1v) is 11.6. The lowest BCUT2D eigenvalue weighted by molar-refractivity contribution is -0.137. The van der Waals surface area contributed by atoms with Crippen molar-refractivity contribution in [2.75, 3.05) is 44.8 Å². The number of ether oxygens (including phenoxy) is 1. The Morgan fingerprint density at radius 3 is 2.48 bits per heavy atom. The summed E-state index contributed by atoms with van der Waals surface area (Å²) in [6, 6.07) is 5.42. The third-order valence-electron chi connectivity index (χ3n) is 4.97. The van der Waals surface area contributed by atoms with Crippen LogP contribution in [0.25, 0.3) is 0 Å². The number of hydrogen-bond donors (Lipinski definition) is 0. The molecule has 148 valence electrons. The number of carbonyl (C=O) groups is 2. The summed E-state index contributed by atoms with van der Waals surface area (Å²) in [5.74, 6) is -0.127. The number of sulfonamides is 1. The van der Waals surface area contributed by atoms with Crippen LogP contribution in [0.4, 0.5) is 0 Å². The van der Waals surface area contributed by atoms with E-state index in [9.17, 15) is 18.0 Å². The molecule has 7 nitrogen and oxygen atoms in total. The minimum absolute atomic E-state index is 0.0847. The lowest BCUT2D eigenvalue weighted by Gasteiger charge is -2.34. The second-order valence-electron chi connectivity index (χ2n) is 6.64. The van der Waals surface area contributed by atoms with Gasteiger partial charge in [0.05, 0.1) is 23.5 Å². The largest absolute Gasteiger partial charge is 0.468 e. The van der Waals surface area contributed by atoms with E-state index in [0.29, 0.717) is 18.0 Å². The molecule has 3 rings (SSSR count). The maximum atomic E-state index is 12.9. The quantitative estimate of drug-likeness (QED) is 0.646. The summed E-state index contributed by atoms with van der Waals surface area (Å²) in [6.07, 6.45) is 3.03. The summed E-state index contributed by atoms with van der Waals surface area (Å²) in [5.41, 5.74) is 2.38. The number of thioether (sulfide) groups is 1. The van der Waals surface area contributed by atoms with Crippen molar-refractivity contribution in [1.29, 1.82) is 0 Å². The highest BCUT2D eigenvalue weighted by molar-refractivity contribution is 8.00. The molecule has 0 atom stereocenters. The summed E-state index contributed by atoms with van der Waals surface area (Å²) >= 11 is 1.20. The van der Waals surface area contributed by atoms with Gasteiger partial charge < -0.3 is 9.64 Å². The lowest BCUT2D eigenvalue weighted by Crippen LogP contribution is -2.51. The number of hydrogen-bond acceptors (Lipinski definition) is 6. The third kappa shape index (κ3) is 4.64. The van der Waals surface area contributed by atoms with Gasteiger partial charge in [0.2, 0.25) is 15.9 Å². The number of piperazine rings is 1. The first-order valence-electron chi connectivity index (χ1n) is 8.96. The zero-order valence-electron chi connectivity index (χ0n) is 15.3. The number of benzene rings is 1. The van der Waals surface area contributed by atoms with Crippen LogP contribution >= 0.6 is 11.8 Å². The van der Waals surface area contributed by atoms with Crippen LogP contribution in [-0.2, 0) is 37.2 Å². The summed E-state index contributed by atoms with van der Waals surface area (Å²) in [5, 5.41) is 0. The molecule has 1 aliphatic heterocycles. The average molecular weight is 413 g/mol. The topological polar surface area (TPSA) is 84.0 Å². The highest BCUT2D eigenvalue weighted by Gasteiger charge is 2.30. The van der Waals surface area contributed by atoms with Gasteiger partial charge in [-0.1, -0.05) is 6.07 Å². The fraction of sp³-hybridized carbons (Fsp3) is 0.556. The zero-order valence-corrected chi connectivity index (χ0v) is 17.0. The van der Waals surface area contributed by atoms with Crippen molar-refractivity contribution in [3.8, 4) is 0 Å². The molecular formula is C18H24N2O5S2. The van der Waals surface area contributed by atoms with E-state index in [0.717, 1.165) is 24.8 Å². The predicted molar refractivity (Wildman–Crippen MR) is 103 cm³/mol. The molecule has 0 saturated carbocycles. The van der Waals surface area contributed by atoms with E-state index < -0.39 is 10.0 Å². The summed E-state index contributed by atoms with van der Waals surface area (Å²) < 4.78 is 31.8. The Morgan fingerprint density at radius 2 is 1.78 bits per heavy atom. The molecule has 1 aromatic carbocycles. The van der Waals surface area contributed by atoms with Crippen molar-refractivity contribution >= 4 is 33.7 Å². The maximum Gasteiger partial charge on any atom is 0.315 e. The second-order valence-corrected chi connectivity index (χ2v) is 9.56. The van der Waals surface area contributed by atoms with Gasteiger partial charge in [-0.25, -0.2) is 8.42 Å². The van der Waals surface area contributed by atoms with Crippen molar-refractivity contribution in [2.45, 2.75) is 24.2 Å². The Hall–Kier alpha value is -1.58. The standard InChI is InChI=1S/C18H24N2O5S2/c1-25-18(22)13-26-12-17(21)19-7-9-20(10-8-19)27(23,24)16-6-5-14-3-2-4-15(14)11-16/h5-6,11H,2-4,7-10,12-13H2,1H3. The van der Waals surface area contributed by atoms with Crippen LogP contribution < -0.4 is 0 Å². The number of aryl methyl sites for hydroxylation is 2. The fourth-order valence-corrected chi connectivity index (χ4v) is 5.62. The number of nitrogens with zero attached hydrogens (tertiary/aromatic N) is 2. The number of esters is 1. The molecule has 1 amide bonds. The lowest BCUT2D eigenvalue weighted by atomic mass is 10.1. The maximum absolute atomic E-state index is 12.9. The van der Waals surface area contributed by atoms with Crippen molar-refractivity contribution in [1.82, 2.24) is 9.21 Å². The van der Waals surface area contributed by atoms with Crippen molar-refractivity contribution in [3.63, 3.8) is 0 Å². The van der Waals surface area contributed by atoms with Gasteiger partial charge in [0.1, 0.15) is 0 Å². The van der Waals surface area contributed by atoms with Crippen molar-refractivity contribution in [2.24, 2.45) is 0 Å². The van der Waals surface area contributed by atoms with Gasteiger partial charge in [0, 0.05) is 26.2 Å². The van der Waals surface area contributed by atoms with Crippen molar-refractivity contribution < 1.29 is 22.7 Å². The second kappa shape index (κ2) is 8.62. The minimum Gasteiger partial charge on any atom is -0.468 e. The first kappa shape index (κ1) is 20.2. The van der Waals surface area contributed by atoms with Crippen LogP contribution in [0.1, 0.15) is 17.5 Å². The van der Waals surface area contributed by atoms with E-state index in [-0.39, 0.29) is 36.5 Å². The highest BCUT2D eigenvalue weighted by atomic mass is 32.2. The molecule has 0 spiro atoms. The average Bonchev–Trinajstić information content (AvgIpc) is 3.15. The molecule has 1 aliphatic carbocycles. The molecule has 0 bridgehead atoms. The van der Waals surface area contributed by atoms with Gasteiger partial charge in [-0.05, 0) is 42.5 Å². The number of amides is 1. The molecule has 0 radical (unpaired) electrons. The molecule has 2 aliphatic rings. The van der Waals surface area contributed by atoms with E-state index in [2.05, 4.69) is 4.74 Å². The smallest absolute Gasteiger partial charge is 0.315 e. The van der Waals surface area contributed by atoms with E-state index in [4.69, 9.17) is 0 Å². The molecule has 1 fully saturated rings.